The van der Waals surface area contributed by atoms with Crippen molar-refractivity contribution in [2.24, 2.45) is 5.73 Å². The lowest BCUT2D eigenvalue weighted by Crippen LogP contribution is -2.35. The highest BCUT2D eigenvalue weighted by Gasteiger charge is 2.35. The van der Waals surface area contributed by atoms with E-state index < -0.39 is 15.8 Å². The Hall–Kier alpha value is -0.980. The van der Waals surface area contributed by atoms with Crippen LogP contribution in [0.3, 0.4) is 0 Å². The molecule has 0 aromatic heterocycles. The van der Waals surface area contributed by atoms with E-state index in [9.17, 15) is 12.8 Å². The van der Waals surface area contributed by atoms with Gasteiger partial charge in [0.25, 0.3) is 0 Å². The van der Waals surface area contributed by atoms with Gasteiger partial charge in [0.1, 0.15) is 5.82 Å². The van der Waals surface area contributed by atoms with E-state index in [-0.39, 0.29) is 23.0 Å². The van der Waals surface area contributed by atoms with Crippen LogP contribution in [0.2, 0.25) is 0 Å². The van der Waals surface area contributed by atoms with Crippen molar-refractivity contribution < 1.29 is 12.8 Å². The monoisotopic (exact) mass is 300 g/mol. The van der Waals surface area contributed by atoms with E-state index in [2.05, 4.69) is 0 Å². The van der Waals surface area contributed by atoms with E-state index in [1.807, 2.05) is 6.92 Å². The van der Waals surface area contributed by atoms with Gasteiger partial charge < -0.3 is 5.73 Å². The Labute approximate surface area is 119 Å². The summed E-state index contributed by atoms with van der Waals surface area (Å²) in [4.78, 5) is 0.0540. The van der Waals surface area contributed by atoms with Crippen LogP contribution < -0.4 is 5.73 Å². The summed E-state index contributed by atoms with van der Waals surface area (Å²) in [6, 6.07) is 2.82. The number of nitrogens with zero attached hydrogens (tertiary/aromatic N) is 1. The maximum absolute atomic E-state index is 13.9. The second-order valence-corrected chi connectivity index (χ2v) is 7.08. The van der Waals surface area contributed by atoms with E-state index in [0.717, 1.165) is 19.3 Å². The van der Waals surface area contributed by atoms with Crippen LogP contribution >= 0.6 is 0 Å². The molecule has 1 fully saturated rings. The lowest BCUT2D eigenvalue weighted by molar-refractivity contribution is 0.379. The minimum Gasteiger partial charge on any atom is -0.326 e. The van der Waals surface area contributed by atoms with Crippen molar-refractivity contribution in [3.05, 3.63) is 29.1 Å². The van der Waals surface area contributed by atoms with Gasteiger partial charge in [-0.05, 0) is 43.9 Å². The Balaban J connectivity index is 2.51. The molecule has 0 bridgehead atoms. The average molecular weight is 300 g/mol. The smallest absolute Gasteiger partial charge is 0.243 e. The molecule has 0 amide bonds. The maximum Gasteiger partial charge on any atom is 0.243 e. The highest BCUT2D eigenvalue weighted by Crippen LogP contribution is 2.30. The SMILES string of the molecule is CCC1CCCN1S(=O)(=O)c1cc(CN)cc(F)c1C. The van der Waals surface area contributed by atoms with Gasteiger partial charge in [-0.15, -0.1) is 0 Å². The van der Waals surface area contributed by atoms with Crippen LogP contribution in [0.5, 0.6) is 0 Å². The van der Waals surface area contributed by atoms with Crippen LogP contribution in [0.4, 0.5) is 4.39 Å². The molecule has 112 valence electrons. The Bertz CT molecular complexity index is 601. The van der Waals surface area contributed by atoms with Crippen LogP contribution in [-0.4, -0.2) is 25.3 Å². The number of nitrogens with two attached hydrogens (primary N) is 1. The molecule has 1 saturated heterocycles. The summed E-state index contributed by atoms with van der Waals surface area (Å²) in [6.07, 6.45) is 2.50. The minimum atomic E-state index is -3.65. The molecule has 1 atom stereocenters. The summed E-state index contributed by atoms with van der Waals surface area (Å²) in [5.41, 5.74) is 6.18. The topological polar surface area (TPSA) is 63.4 Å². The van der Waals surface area contributed by atoms with Crippen molar-refractivity contribution in [3.63, 3.8) is 0 Å². The van der Waals surface area contributed by atoms with E-state index in [1.54, 1.807) is 0 Å². The highest BCUT2D eigenvalue weighted by atomic mass is 32.2. The first-order valence-electron chi connectivity index (χ1n) is 6.92. The standard InChI is InChI=1S/C14H21FN2O2S/c1-3-12-5-4-6-17(12)20(18,19)14-8-11(9-16)7-13(15)10(14)2/h7-8,12H,3-6,9,16H2,1-2H3. The highest BCUT2D eigenvalue weighted by molar-refractivity contribution is 7.89. The lowest BCUT2D eigenvalue weighted by Gasteiger charge is -2.24. The Morgan fingerprint density at radius 3 is 2.75 bits per heavy atom. The first-order valence-corrected chi connectivity index (χ1v) is 8.36. The molecule has 6 heteroatoms. The summed E-state index contributed by atoms with van der Waals surface area (Å²) >= 11 is 0. The fraction of sp³-hybridized carbons (Fsp3) is 0.571. The largest absolute Gasteiger partial charge is 0.326 e. The average Bonchev–Trinajstić information content (AvgIpc) is 2.90. The zero-order chi connectivity index (χ0) is 14.9. The molecule has 0 saturated carbocycles. The van der Waals surface area contributed by atoms with Gasteiger partial charge in [0, 0.05) is 24.7 Å². The van der Waals surface area contributed by atoms with Gasteiger partial charge in [-0.3, -0.25) is 0 Å². The van der Waals surface area contributed by atoms with Gasteiger partial charge in [0.05, 0.1) is 4.90 Å². The van der Waals surface area contributed by atoms with Crippen LogP contribution in [0.1, 0.15) is 37.3 Å². The van der Waals surface area contributed by atoms with Crippen molar-refractivity contribution in [3.8, 4) is 0 Å². The third-order valence-electron chi connectivity index (χ3n) is 3.97. The van der Waals surface area contributed by atoms with Crippen molar-refractivity contribution in [2.45, 2.75) is 50.6 Å². The molecule has 2 rings (SSSR count). The molecular weight excluding hydrogens is 279 g/mol. The van der Waals surface area contributed by atoms with Gasteiger partial charge in [-0.2, -0.15) is 4.31 Å². The van der Waals surface area contributed by atoms with E-state index in [4.69, 9.17) is 5.73 Å². The van der Waals surface area contributed by atoms with Crippen molar-refractivity contribution in [1.29, 1.82) is 0 Å². The molecule has 1 unspecified atom stereocenters. The maximum atomic E-state index is 13.9. The molecule has 1 heterocycles. The third-order valence-corrected chi connectivity index (χ3v) is 6.05. The zero-order valence-electron chi connectivity index (χ0n) is 11.9. The lowest BCUT2D eigenvalue weighted by atomic mass is 10.1. The second-order valence-electron chi connectivity index (χ2n) is 5.22. The van der Waals surface area contributed by atoms with Crippen LogP contribution in [0.25, 0.3) is 0 Å². The summed E-state index contributed by atoms with van der Waals surface area (Å²) in [7, 11) is -3.65. The summed E-state index contributed by atoms with van der Waals surface area (Å²) in [5.74, 6) is -0.515. The Kier molecular flexibility index (Phi) is 4.46. The summed E-state index contributed by atoms with van der Waals surface area (Å²) < 4.78 is 40.9. The molecular formula is C14H21FN2O2S. The molecule has 1 aromatic carbocycles. The summed E-state index contributed by atoms with van der Waals surface area (Å²) in [6.45, 7) is 4.10. The molecule has 0 radical (unpaired) electrons. The molecule has 20 heavy (non-hydrogen) atoms. The van der Waals surface area contributed by atoms with Crippen LogP contribution in [0, 0.1) is 12.7 Å². The quantitative estimate of drug-likeness (QED) is 0.926. The molecule has 0 aliphatic carbocycles. The van der Waals surface area contributed by atoms with Gasteiger partial charge in [0.15, 0.2) is 0 Å². The minimum absolute atomic E-state index is 0.0176. The van der Waals surface area contributed by atoms with Crippen molar-refractivity contribution >= 4 is 10.0 Å². The van der Waals surface area contributed by atoms with E-state index in [0.29, 0.717) is 12.1 Å². The number of hydrogen-bond donors (Lipinski definition) is 1. The second kappa shape index (κ2) is 5.79. The normalized spacial score (nSPS) is 20.5. The fourth-order valence-electron chi connectivity index (χ4n) is 2.75. The van der Waals surface area contributed by atoms with Gasteiger partial charge in [-0.1, -0.05) is 6.92 Å². The molecule has 1 aliphatic heterocycles. The number of benzene rings is 1. The predicted molar refractivity (Wildman–Crippen MR) is 76.2 cm³/mol. The molecule has 1 aromatic rings. The first kappa shape index (κ1) is 15.4. The van der Waals surface area contributed by atoms with Crippen LogP contribution in [0.15, 0.2) is 17.0 Å². The van der Waals surface area contributed by atoms with Crippen molar-refractivity contribution in [1.82, 2.24) is 4.31 Å². The number of halogens is 1. The molecule has 2 N–H and O–H groups in total. The Morgan fingerprint density at radius 2 is 2.15 bits per heavy atom. The fourth-order valence-corrected chi connectivity index (χ4v) is 4.81. The van der Waals surface area contributed by atoms with Crippen molar-refractivity contribution in [2.75, 3.05) is 6.54 Å². The summed E-state index contributed by atoms with van der Waals surface area (Å²) in [5, 5.41) is 0. The number of sulfonamides is 1. The number of hydrogen-bond acceptors (Lipinski definition) is 3. The Morgan fingerprint density at radius 1 is 1.45 bits per heavy atom. The van der Waals surface area contributed by atoms with E-state index >= 15 is 0 Å². The van der Waals surface area contributed by atoms with Gasteiger partial charge >= 0.3 is 0 Å². The number of rotatable bonds is 4. The van der Waals surface area contributed by atoms with Gasteiger partial charge in [-0.25, -0.2) is 12.8 Å². The zero-order valence-corrected chi connectivity index (χ0v) is 12.7. The third kappa shape index (κ3) is 2.60. The van der Waals surface area contributed by atoms with E-state index in [1.165, 1.54) is 23.4 Å². The van der Waals surface area contributed by atoms with Gasteiger partial charge in [0.2, 0.25) is 10.0 Å². The van der Waals surface area contributed by atoms with Crippen LogP contribution in [-0.2, 0) is 16.6 Å². The molecule has 1 aliphatic rings. The first-order chi connectivity index (χ1) is 9.41. The molecule has 4 nitrogen and oxygen atoms in total. The molecule has 0 spiro atoms. The predicted octanol–water partition coefficient (Wildman–Crippen LogP) is 2.16.